The van der Waals surface area contributed by atoms with Gasteiger partial charge in [-0.25, -0.2) is 4.99 Å². The zero-order chi connectivity index (χ0) is 11.3. The fourth-order valence-corrected chi connectivity index (χ4v) is 1.20. The predicted octanol–water partition coefficient (Wildman–Crippen LogP) is -0.660. The van der Waals surface area contributed by atoms with E-state index in [1.165, 1.54) is 0 Å². The van der Waals surface area contributed by atoms with Gasteiger partial charge in [0.25, 0.3) is 0 Å². The molecule has 1 rings (SSSR count). The van der Waals surface area contributed by atoms with E-state index in [0.29, 0.717) is 32.3 Å². The van der Waals surface area contributed by atoms with Crippen molar-refractivity contribution in [1.29, 1.82) is 0 Å². The number of carbonyl (C=O) groups is 1. The van der Waals surface area contributed by atoms with Crippen LogP contribution in [0.3, 0.4) is 0 Å². The van der Waals surface area contributed by atoms with Crippen molar-refractivity contribution < 1.29 is 9.53 Å². The van der Waals surface area contributed by atoms with Gasteiger partial charge in [-0.05, 0) is 0 Å². The molecule has 0 atom stereocenters. The van der Waals surface area contributed by atoms with E-state index >= 15 is 0 Å². The summed E-state index contributed by atoms with van der Waals surface area (Å²) >= 11 is 0. The van der Waals surface area contributed by atoms with E-state index in [-0.39, 0.29) is 36.4 Å². The van der Waals surface area contributed by atoms with Crippen molar-refractivity contribution in [3.63, 3.8) is 0 Å². The highest BCUT2D eigenvalue weighted by Gasteiger charge is 2.15. The summed E-state index contributed by atoms with van der Waals surface area (Å²) < 4.78 is 5.15. The van der Waals surface area contributed by atoms with Gasteiger partial charge in [-0.1, -0.05) is 0 Å². The van der Waals surface area contributed by atoms with Crippen molar-refractivity contribution in [2.45, 2.75) is 0 Å². The van der Waals surface area contributed by atoms with Crippen LogP contribution < -0.4 is 5.73 Å². The fourth-order valence-electron chi connectivity index (χ4n) is 1.20. The number of morpholine rings is 1. The third kappa shape index (κ3) is 4.97. The maximum absolute atomic E-state index is 11.6. The van der Waals surface area contributed by atoms with Crippen molar-refractivity contribution in [3.05, 3.63) is 0 Å². The number of amides is 1. The number of hydrogen-bond acceptors (Lipinski definition) is 3. The molecule has 1 aliphatic rings. The molecule has 0 radical (unpaired) electrons. The van der Waals surface area contributed by atoms with E-state index in [2.05, 4.69) is 4.99 Å². The number of ether oxygens (including phenoxy) is 1. The quantitative estimate of drug-likeness (QED) is 0.411. The van der Waals surface area contributed by atoms with Crippen LogP contribution in [0.1, 0.15) is 0 Å². The van der Waals surface area contributed by atoms with Crippen LogP contribution in [0.5, 0.6) is 0 Å². The van der Waals surface area contributed by atoms with Crippen molar-refractivity contribution in [2.24, 2.45) is 10.7 Å². The molecule has 0 aromatic carbocycles. The molecule has 1 amide bonds. The summed E-state index contributed by atoms with van der Waals surface area (Å²) in [5.41, 5.74) is 5.57. The Hall–Kier alpha value is -0.570. The molecule has 0 unspecified atom stereocenters. The summed E-state index contributed by atoms with van der Waals surface area (Å²) in [6.45, 7) is 2.63. The largest absolute Gasteiger partial charge is 0.378 e. The van der Waals surface area contributed by atoms with Crippen LogP contribution in [0.15, 0.2) is 4.99 Å². The van der Waals surface area contributed by atoms with Gasteiger partial charge in [0.2, 0.25) is 5.91 Å². The maximum atomic E-state index is 11.6. The highest BCUT2D eigenvalue weighted by molar-refractivity contribution is 14.0. The molecule has 0 bridgehead atoms. The Morgan fingerprint density at radius 3 is 2.50 bits per heavy atom. The van der Waals surface area contributed by atoms with E-state index in [1.54, 1.807) is 23.9 Å². The van der Waals surface area contributed by atoms with E-state index in [9.17, 15) is 4.79 Å². The first-order valence-electron chi connectivity index (χ1n) is 4.94. The molecule has 94 valence electrons. The Kier molecular flexibility index (Phi) is 7.39. The number of guanidine groups is 1. The van der Waals surface area contributed by atoms with Crippen LogP contribution in [0.25, 0.3) is 0 Å². The molecule has 0 aromatic heterocycles. The number of carbonyl (C=O) groups excluding carboxylic acids is 1. The van der Waals surface area contributed by atoms with Gasteiger partial charge >= 0.3 is 0 Å². The molecular weight excluding hydrogens is 323 g/mol. The smallest absolute Gasteiger partial charge is 0.244 e. The molecule has 0 aliphatic carbocycles. The molecule has 0 spiro atoms. The second kappa shape index (κ2) is 7.66. The lowest BCUT2D eigenvalue weighted by Crippen LogP contribution is -2.42. The van der Waals surface area contributed by atoms with Gasteiger partial charge in [0, 0.05) is 27.2 Å². The highest BCUT2D eigenvalue weighted by Crippen LogP contribution is 1.97. The summed E-state index contributed by atoms with van der Waals surface area (Å²) in [6.07, 6.45) is 0. The minimum absolute atomic E-state index is 0. The molecule has 0 aromatic rings. The molecule has 2 N–H and O–H groups in total. The number of rotatable bonds is 2. The standard InChI is InChI=1S/C9H18N4O2.HI/c1-12(2)9(10)11-7-8(14)13-3-5-15-6-4-13;/h3-7H2,1-2H3,(H2,10,11);1H. The molecule has 0 saturated carbocycles. The Morgan fingerprint density at radius 2 is 2.00 bits per heavy atom. The van der Waals surface area contributed by atoms with Crippen LogP contribution in [0.2, 0.25) is 0 Å². The number of hydrogen-bond donors (Lipinski definition) is 1. The van der Waals surface area contributed by atoms with E-state index in [4.69, 9.17) is 10.5 Å². The van der Waals surface area contributed by atoms with E-state index in [0.717, 1.165) is 0 Å². The fraction of sp³-hybridized carbons (Fsp3) is 0.778. The third-order valence-electron chi connectivity index (χ3n) is 2.20. The Labute approximate surface area is 113 Å². The zero-order valence-corrected chi connectivity index (χ0v) is 12.0. The lowest BCUT2D eigenvalue weighted by molar-refractivity contribution is -0.133. The van der Waals surface area contributed by atoms with Crippen molar-refractivity contribution in [3.8, 4) is 0 Å². The van der Waals surface area contributed by atoms with Crippen LogP contribution >= 0.6 is 24.0 Å². The average Bonchev–Trinajstić information content (AvgIpc) is 2.26. The van der Waals surface area contributed by atoms with E-state index < -0.39 is 0 Å². The van der Waals surface area contributed by atoms with Gasteiger partial charge in [0.05, 0.1) is 13.2 Å². The highest BCUT2D eigenvalue weighted by atomic mass is 127. The summed E-state index contributed by atoms with van der Waals surface area (Å²) in [5.74, 6) is 0.375. The van der Waals surface area contributed by atoms with Crippen LogP contribution in [0, 0.1) is 0 Å². The molecule has 6 nitrogen and oxygen atoms in total. The van der Waals surface area contributed by atoms with Gasteiger partial charge in [-0.2, -0.15) is 0 Å². The van der Waals surface area contributed by atoms with Crippen LogP contribution in [0.4, 0.5) is 0 Å². The summed E-state index contributed by atoms with van der Waals surface area (Å²) in [7, 11) is 3.58. The van der Waals surface area contributed by atoms with Crippen LogP contribution in [-0.2, 0) is 9.53 Å². The predicted molar refractivity (Wildman–Crippen MR) is 73.0 cm³/mol. The van der Waals surface area contributed by atoms with Crippen molar-refractivity contribution >= 4 is 35.8 Å². The summed E-state index contributed by atoms with van der Waals surface area (Å²) in [6, 6.07) is 0. The zero-order valence-electron chi connectivity index (χ0n) is 9.68. The van der Waals surface area contributed by atoms with Crippen molar-refractivity contribution in [1.82, 2.24) is 9.80 Å². The second-order valence-corrected chi connectivity index (χ2v) is 3.56. The van der Waals surface area contributed by atoms with Crippen LogP contribution in [-0.4, -0.2) is 68.6 Å². The number of nitrogens with zero attached hydrogens (tertiary/aromatic N) is 3. The molecule has 1 aliphatic heterocycles. The first-order chi connectivity index (χ1) is 7.11. The lowest BCUT2D eigenvalue weighted by atomic mass is 10.4. The number of nitrogens with two attached hydrogens (primary N) is 1. The first-order valence-corrected chi connectivity index (χ1v) is 4.94. The Bertz CT molecular complexity index is 252. The minimum atomic E-state index is 0. The monoisotopic (exact) mass is 342 g/mol. The topological polar surface area (TPSA) is 71.2 Å². The van der Waals surface area contributed by atoms with E-state index in [1.807, 2.05) is 0 Å². The Balaban J connectivity index is 0.00000225. The lowest BCUT2D eigenvalue weighted by Gasteiger charge is -2.26. The van der Waals surface area contributed by atoms with Crippen molar-refractivity contribution in [2.75, 3.05) is 46.9 Å². The van der Waals surface area contributed by atoms with Gasteiger partial charge in [-0.3, -0.25) is 4.79 Å². The van der Waals surface area contributed by atoms with Gasteiger partial charge in [-0.15, -0.1) is 24.0 Å². The maximum Gasteiger partial charge on any atom is 0.244 e. The molecule has 1 heterocycles. The molecular formula is C9H19IN4O2. The number of aliphatic imine (C=N–C) groups is 1. The number of halogens is 1. The van der Waals surface area contributed by atoms with Gasteiger partial charge < -0.3 is 20.3 Å². The van der Waals surface area contributed by atoms with Gasteiger partial charge in [0.1, 0.15) is 6.54 Å². The average molecular weight is 342 g/mol. The van der Waals surface area contributed by atoms with Gasteiger partial charge in [0.15, 0.2) is 5.96 Å². The normalized spacial score (nSPS) is 16.6. The second-order valence-electron chi connectivity index (χ2n) is 3.56. The summed E-state index contributed by atoms with van der Waals surface area (Å²) in [4.78, 5) is 19.0. The first kappa shape index (κ1) is 15.4. The summed E-state index contributed by atoms with van der Waals surface area (Å²) in [5, 5.41) is 0. The SMILES string of the molecule is CN(C)C(N)=NCC(=O)N1CCOCC1.I. The molecule has 1 saturated heterocycles. The molecule has 16 heavy (non-hydrogen) atoms. The minimum Gasteiger partial charge on any atom is -0.378 e. The molecule has 1 fully saturated rings. The third-order valence-corrected chi connectivity index (χ3v) is 2.20. The Morgan fingerprint density at radius 1 is 1.44 bits per heavy atom. The molecule has 7 heteroatoms.